The smallest absolute Gasteiger partial charge is 0.409 e. The molecule has 156 valence electrons. The van der Waals surface area contributed by atoms with Crippen molar-refractivity contribution in [1.82, 2.24) is 9.80 Å². The lowest BCUT2D eigenvalue weighted by Crippen LogP contribution is -2.38. The van der Waals surface area contributed by atoms with Crippen molar-refractivity contribution in [3.8, 4) is 0 Å². The van der Waals surface area contributed by atoms with Crippen molar-refractivity contribution >= 4 is 27.7 Å². The summed E-state index contributed by atoms with van der Waals surface area (Å²) in [6.45, 7) is 6.94. The lowest BCUT2D eigenvalue weighted by Gasteiger charge is -2.21. The molecule has 0 bridgehead atoms. The van der Waals surface area contributed by atoms with Crippen LogP contribution in [0.1, 0.15) is 20.3 Å². The molecule has 28 heavy (non-hydrogen) atoms. The van der Waals surface area contributed by atoms with Crippen LogP contribution in [-0.2, 0) is 19.6 Å². The molecule has 9 nitrogen and oxygen atoms in total. The van der Waals surface area contributed by atoms with Gasteiger partial charge in [-0.25, -0.2) is 18.4 Å². The molecule has 1 aliphatic rings. The van der Waals surface area contributed by atoms with Crippen LogP contribution in [0.3, 0.4) is 0 Å². The summed E-state index contributed by atoms with van der Waals surface area (Å²) in [7, 11) is -3.76. The summed E-state index contributed by atoms with van der Waals surface area (Å²) in [5, 5.41) is 7.79. The number of anilines is 1. The Morgan fingerprint density at radius 1 is 1.14 bits per heavy atom. The topological polar surface area (TPSA) is 122 Å². The number of primary sulfonamides is 1. The molecule has 0 unspecified atom stereocenters. The third kappa shape index (κ3) is 7.10. The molecule has 1 aromatic carbocycles. The number of carbonyl (C=O) groups excluding carboxylic acids is 2. The molecule has 3 N–H and O–H groups in total. The molecular weight excluding hydrogens is 384 g/mol. The van der Waals surface area contributed by atoms with E-state index >= 15 is 0 Å². The lowest BCUT2D eigenvalue weighted by atomic mass is 10.2. The molecule has 1 fully saturated rings. The molecular formula is C18H28N4O5S. The Kier molecular flexibility index (Phi) is 7.78. The van der Waals surface area contributed by atoms with Gasteiger partial charge in [-0.1, -0.05) is 13.8 Å². The van der Waals surface area contributed by atoms with Crippen molar-refractivity contribution in [2.75, 3.05) is 44.6 Å². The number of nitrogens with one attached hydrogen (secondary N) is 1. The van der Waals surface area contributed by atoms with Crippen molar-refractivity contribution < 1.29 is 22.7 Å². The SMILES string of the molecule is CC(C)COC(=O)N1CCCN(CC(=O)Nc2ccc(S(N)(=O)=O)cc2)CC1. The molecule has 2 rings (SSSR count). The van der Waals surface area contributed by atoms with Crippen LogP contribution in [0.15, 0.2) is 29.2 Å². The van der Waals surface area contributed by atoms with Gasteiger partial charge in [-0.15, -0.1) is 0 Å². The monoisotopic (exact) mass is 412 g/mol. The summed E-state index contributed by atoms with van der Waals surface area (Å²) >= 11 is 0. The van der Waals surface area contributed by atoms with Crippen molar-refractivity contribution in [1.29, 1.82) is 0 Å². The fraction of sp³-hybridized carbons (Fsp3) is 0.556. The second-order valence-electron chi connectivity index (χ2n) is 7.21. The highest BCUT2D eigenvalue weighted by atomic mass is 32.2. The minimum absolute atomic E-state index is 0.0116. The Balaban J connectivity index is 1.82. The van der Waals surface area contributed by atoms with E-state index in [1.54, 1.807) is 4.90 Å². The van der Waals surface area contributed by atoms with E-state index in [2.05, 4.69) is 5.32 Å². The van der Waals surface area contributed by atoms with Crippen LogP contribution in [0.2, 0.25) is 0 Å². The zero-order chi connectivity index (χ0) is 20.7. The van der Waals surface area contributed by atoms with Crippen LogP contribution < -0.4 is 10.5 Å². The first-order valence-corrected chi connectivity index (χ1v) is 10.8. The number of hydrogen-bond acceptors (Lipinski definition) is 6. The van der Waals surface area contributed by atoms with Crippen molar-refractivity contribution in [3.63, 3.8) is 0 Å². The summed E-state index contributed by atoms with van der Waals surface area (Å²) in [5.74, 6) is 0.0781. The number of ether oxygens (including phenoxy) is 1. The fourth-order valence-electron chi connectivity index (χ4n) is 2.77. The van der Waals surface area contributed by atoms with Gasteiger partial charge in [-0.2, -0.15) is 0 Å². The number of amides is 2. The Morgan fingerprint density at radius 2 is 1.82 bits per heavy atom. The lowest BCUT2D eigenvalue weighted by molar-refractivity contribution is -0.117. The summed E-state index contributed by atoms with van der Waals surface area (Å²) in [5.41, 5.74) is 0.492. The number of nitrogens with zero attached hydrogens (tertiary/aromatic N) is 2. The van der Waals surface area contributed by atoms with Crippen LogP contribution in [0, 0.1) is 5.92 Å². The third-order valence-electron chi connectivity index (χ3n) is 4.22. The van der Waals surface area contributed by atoms with Crippen LogP contribution in [0.4, 0.5) is 10.5 Å². The van der Waals surface area contributed by atoms with Gasteiger partial charge < -0.3 is 15.0 Å². The van der Waals surface area contributed by atoms with Crippen LogP contribution in [-0.4, -0.2) is 69.5 Å². The van der Waals surface area contributed by atoms with Crippen molar-refractivity contribution in [3.05, 3.63) is 24.3 Å². The maximum Gasteiger partial charge on any atom is 0.409 e. The molecule has 10 heteroatoms. The largest absolute Gasteiger partial charge is 0.449 e. The van der Waals surface area contributed by atoms with Gasteiger partial charge in [0.25, 0.3) is 0 Å². The van der Waals surface area contributed by atoms with E-state index < -0.39 is 10.0 Å². The van der Waals surface area contributed by atoms with E-state index in [9.17, 15) is 18.0 Å². The van der Waals surface area contributed by atoms with Crippen LogP contribution >= 0.6 is 0 Å². The molecule has 1 aromatic rings. The van der Waals surface area contributed by atoms with Gasteiger partial charge in [0, 0.05) is 31.9 Å². The molecule has 1 aliphatic heterocycles. The average Bonchev–Trinajstić information content (AvgIpc) is 2.85. The summed E-state index contributed by atoms with van der Waals surface area (Å²) < 4.78 is 27.8. The van der Waals surface area contributed by atoms with Crippen molar-refractivity contribution in [2.24, 2.45) is 11.1 Å². The van der Waals surface area contributed by atoms with E-state index in [1.165, 1.54) is 24.3 Å². The van der Waals surface area contributed by atoms with Gasteiger partial charge in [-0.3, -0.25) is 9.69 Å². The first-order chi connectivity index (χ1) is 13.1. The maximum atomic E-state index is 12.3. The predicted molar refractivity (Wildman–Crippen MR) is 105 cm³/mol. The van der Waals surface area contributed by atoms with E-state index in [1.807, 2.05) is 18.7 Å². The third-order valence-corrected chi connectivity index (χ3v) is 5.15. The Labute approximate surface area is 165 Å². The molecule has 0 radical (unpaired) electrons. The highest BCUT2D eigenvalue weighted by Gasteiger charge is 2.21. The summed E-state index contributed by atoms with van der Waals surface area (Å²) in [6.07, 6.45) is 0.447. The molecule has 1 saturated heterocycles. The number of hydrogen-bond donors (Lipinski definition) is 2. The van der Waals surface area contributed by atoms with Gasteiger partial charge in [0.2, 0.25) is 15.9 Å². The molecule has 1 heterocycles. The highest BCUT2D eigenvalue weighted by molar-refractivity contribution is 7.89. The van der Waals surface area contributed by atoms with E-state index in [4.69, 9.17) is 9.88 Å². The molecule has 0 atom stereocenters. The van der Waals surface area contributed by atoms with Gasteiger partial charge in [0.05, 0.1) is 18.0 Å². The van der Waals surface area contributed by atoms with Crippen LogP contribution in [0.25, 0.3) is 0 Å². The van der Waals surface area contributed by atoms with Crippen molar-refractivity contribution in [2.45, 2.75) is 25.2 Å². The Morgan fingerprint density at radius 3 is 2.43 bits per heavy atom. The quantitative estimate of drug-likeness (QED) is 0.721. The van der Waals surface area contributed by atoms with Gasteiger partial charge in [0.1, 0.15) is 0 Å². The normalized spacial score (nSPS) is 15.9. The Hall–Kier alpha value is -2.17. The fourth-order valence-corrected chi connectivity index (χ4v) is 3.29. The van der Waals surface area contributed by atoms with E-state index in [0.29, 0.717) is 38.5 Å². The zero-order valence-electron chi connectivity index (χ0n) is 16.3. The van der Waals surface area contributed by atoms with Crippen LogP contribution in [0.5, 0.6) is 0 Å². The molecule has 0 spiro atoms. The minimum atomic E-state index is -3.76. The molecule has 0 aliphatic carbocycles. The summed E-state index contributed by atoms with van der Waals surface area (Å²) in [6, 6.07) is 5.67. The summed E-state index contributed by atoms with van der Waals surface area (Å²) in [4.78, 5) is 28.0. The number of sulfonamides is 1. The second kappa shape index (κ2) is 9.85. The number of benzene rings is 1. The number of rotatable bonds is 6. The Bertz CT molecular complexity index is 780. The molecule has 0 aromatic heterocycles. The first-order valence-electron chi connectivity index (χ1n) is 9.22. The molecule has 2 amide bonds. The van der Waals surface area contributed by atoms with Gasteiger partial charge in [0.15, 0.2) is 0 Å². The van der Waals surface area contributed by atoms with E-state index in [-0.39, 0.29) is 29.4 Å². The van der Waals surface area contributed by atoms with Gasteiger partial charge >= 0.3 is 6.09 Å². The van der Waals surface area contributed by atoms with Gasteiger partial charge in [-0.05, 0) is 36.6 Å². The maximum absolute atomic E-state index is 12.3. The average molecular weight is 413 g/mol. The minimum Gasteiger partial charge on any atom is -0.449 e. The van der Waals surface area contributed by atoms with E-state index in [0.717, 1.165) is 6.42 Å². The predicted octanol–water partition coefficient (Wildman–Crippen LogP) is 1.07. The molecule has 0 saturated carbocycles. The first kappa shape index (κ1) is 22.1. The zero-order valence-corrected chi connectivity index (χ0v) is 17.1. The second-order valence-corrected chi connectivity index (χ2v) is 8.77. The standard InChI is InChI=1S/C18H28N4O5S/c1-14(2)13-27-18(24)22-9-3-8-21(10-11-22)12-17(23)20-15-4-6-16(7-5-15)28(19,25)26/h4-7,14H,3,8-13H2,1-2H3,(H,20,23)(H2,19,25,26). The number of nitrogens with two attached hydrogens (primary N) is 1. The highest BCUT2D eigenvalue weighted by Crippen LogP contribution is 2.13. The number of carbonyl (C=O) groups is 2.